The number of rotatable bonds is 7. The summed E-state index contributed by atoms with van der Waals surface area (Å²) in [7, 11) is 0. The Kier molecular flexibility index (Phi) is 7.18. The molecule has 0 fully saturated rings. The van der Waals surface area contributed by atoms with Crippen LogP contribution in [0.2, 0.25) is 0 Å². The van der Waals surface area contributed by atoms with Gasteiger partial charge in [0.2, 0.25) is 0 Å². The third-order valence-corrected chi connectivity index (χ3v) is 3.61. The number of carbonyl (C=O) groups excluding carboxylic acids is 1. The van der Waals surface area contributed by atoms with Gasteiger partial charge in [0.15, 0.2) is 6.10 Å². The number of halogens is 1. The van der Waals surface area contributed by atoms with Crippen molar-refractivity contribution in [2.24, 2.45) is 5.92 Å². The molecule has 5 heteroatoms. The van der Waals surface area contributed by atoms with E-state index in [1.54, 1.807) is 26.0 Å². The lowest BCUT2D eigenvalue weighted by atomic mass is 10.1. The summed E-state index contributed by atoms with van der Waals surface area (Å²) < 4.78 is 6.55. The molecule has 0 heterocycles. The molecule has 1 amide bonds. The van der Waals surface area contributed by atoms with E-state index in [-0.39, 0.29) is 5.91 Å². The molecule has 1 aromatic carbocycles. The number of aliphatic hydroxyl groups excluding tert-OH is 1. The van der Waals surface area contributed by atoms with Crippen molar-refractivity contribution in [2.75, 3.05) is 6.54 Å². The minimum absolute atomic E-state index is 0.143. The van der Waals surface area contributed by atoms with E-state index in [2.05, 4.69) is 35.1 Å². The van der Waals surface area contributed by atoms with Gasteiger partial charge >= 0.3 is 0 Å². The van der Waals surface area contributed by atoms with Gasteiger partial charge in [-0.05, 0) is 44.4 Å². The summed E-state index contributed by atoms with van der Waals surface area (Å²) in [6.07, 6.45) is -0.320. The van der Waals surface area contributed by atoms with Crippen LogP contribution in [0.3, 0.4) is 0 Å². The normalized spacial score (nSPS) is 13.9. The summed E-state index contributed by atoms with van der Waals surface area (Å²) in [6, 6.07) is 5.37. The summed E-state index contributed by atoms with van der Waals surface area (Å²) in [6.45, 7) is 8.25. The van der Waals surface area contributed by atoms with Crippen LogP contribution < -0.4 is 10.1 Å². The molecule has 0 saturated carbocycles. The molecular weight excluding hydrogens is 334 g/mol. The predicted molar refractivity (Wildman–Crippen MR) is 87.3 cm³/mol. The molecule has 0 radical (unpaired) electrons. The van der Waals surface area contributed by atoms with Crippen LogP contribution in [-0.2, 0) is 4.79 Å². The van der Waals surface area contributed by atoms with Crippen molar-refractivity contribution in [1.82, 2.24) is 5.32 Å². The number of ether oxygens (including phenoxy) is 1. The second-order valence-corrected chi connectivity index (χ2v) is 6.51. The van der Waals surface area contributed by atoms with E-state index in [1.165, 1.54) is 0 Å². The molecule has 2 N–H and O–H groups in total. The maximum atomic E-state index is 12.0. The Morgan fingerprint density at radius 3 is 2.57 bits per heavy atom. The van der Waals surface area contributed by atoms with E-state index in [9.17, 15) is 9.90 Å². The lowest BCUT2D eigenvalue weighted by Crippen LogP contribution is -2.37. The van der Waals surface area contributed by atoms with E-state index >= 15 is 0 Å². The van der Waals surface area contributed by atoms with Gasteiger partial charge in [-0.15, -0.1) is 0 Å². The van der Waals surface area contributed by atoms with Crippen LogP contribution >= 0.6 is 15.9 Å². The predicted octanol–water partition coefficient (Wildman–Crippen LogP) is 3.43. The summed E-state index contributed by atoms with van der Waals surface area (Å²) in [5, 5.41) is 12.6. The fourth-order valence-electron chi connectivity index (χ4n) is 1.82. The van der Waals surface area contributed by atoms with E-state index in [0.29, 0.717) is 23.8 Å². The second-order valence-electron chi connectivity index (χ2n) is 5.59. The zero-order valence-electron chi connectivity index (χ0n) is 13.0. The molecule has 118 valence electrons. The van der Waals surface area contributed by atoms with E-state index in [1.807, 2.05) is 6.07 Å². The molecule has 0 saturated heterocycles. The van der Waals surface area contributed by atoms with E-state index < -0.39 is 12.2 Å². The Labute approximate surface area is 135 Å². The lowest BCUT2D eigenvalue weighted by molar-refractivity contribution is -0.127. The fraction of sp³-hybridized carbons (Fsp3) is 0.562. The highest BCUT2D eigenvalue weighted by atomic mass is 79.9. The SMILES string of the molecule is CC(C)CCNC(=O)C(C)Oc1ccc(Br)cc1[C@@H](C)O. The van der Waals surface area contributed by atoms with Crippen LogP contribution in [0.25, 0.3) is 0 Å². The molecule has 0 bridgehead atoms. The molecule has 1 rings (SSSR count). The van der Waals surface area contributed by atoms with Gasteiger partial charge in [0.25, 0.3) is 5.91 Å². The van der Waals surface area contributed by atoms with Gasteiger partial charge in [0.05, 0.1) is 6.10 Å². The zero-order chi connectivity index (χ0) is 16.0. The standard InChI is InChI=1S/C16H24BrNO3/c1-10(2)7-8-18-16(20)12(4)21-15-6-5-13(17)9-14(15)11(3)19/h5-6,9-12,19H,7-8H2,1-4H3,(H,18,20)/t11-,12?/m1/s1. The molecule has 0 spiro atoms. The van der Waals surface area contributed by atoms with Crippen LogP contribution in [0.4, 0.5) is 0 Å². The van der Waals surface area contributed by atoms with Crippen molar-refractivity contribution in [3.8, 4) is 5.75 Å². The van der Waals surface area contributed by atoms with Gasteiger partial charge in [0, 0.05) is 16.6 Å². The largest absolute Gasteiger partial charge is 0.481 e. The Bertz CT molecular complexity index is 475. The van der Waals surface area contributed by atoms with Gasteiger partial charge in [0.1, 0.15) is 5.75 Å². The molecule has 0 aliphatic heterocycles. The first kappa shape index (κ1) is 18.0. The van der Waals surface area contributed by atoms with Gasteiger partial charge in [-0.1, -0.05) is 29.8 Å². The summed E-state index contributed by atoms with van der Waals surface area (Å²) in [5.41, 5.74) is 0.659. The van der Waals surface area contributed by atoms with Crippen molar-refractivity contribution in [2.45, 2.75) is 46.3 Å². The molecule has 1 aromatic rings. The maximum absolute atomic E-state index is 12.0. The Balaban J connectivity index is 2.65. The van der Waals surface area contributed by atoms with Crippen LogP contribution in [-0.4, -0.2) is 23.7 Å². The maximum Gasteiger partial charge on any atom is 0.260 e. The molecule has 0 aliphatic carbocycles. The first-order valence-electron chi connectivity index (χ1n) is 7.23. The quantitative estimate of drug-likeness (QED) is 0.785. The third kappa shape index (κ3) is 6.06. The van der Waals surface area contributed by atoms with Crippen LogP contribution in [0.1, 0.15) is 45.8 Å². The van der Waals surface area contributed by atoms with Gasteiger partial charge < -0.3 is 15.2 Å². The minimum atomic E-state index is -0.659. The number of nitrogens with one attached hydrogen (secondary N) is 1. The Morgan fingerprint density at radius 1 is 1.33 bits per heavy atom. The number of carbonyl (C=O) groups is 1. The van der Waals surface area contributed by atoms with Gasteiger partial charge in [-0.25, -0.2) is 0 Å². The van der Waals surface area contributed by atoms with Crippen LogP contribution in [0, 0.1) is 5.92 Å². The highest BCUT2D eigenvalue weighted by Gasteiger charge is 2.17. The fourth-order valence-corrected chi connectivity index (χ4v) is 2.20. The first-order valence-corrected chi connectivity index (χ1v) is 8.02. The third-order valence-electron chi connectivity index (χ3n) is 3.12. The molecule has 21 heavy (non-hydrogen) atoms. The lowest BCUT2D eigenvalue weighted by Gasteiger charge is -2.19. The van der Waals surface area contributed by atoms with Gasteiger partial charge in [-0.2, -0.15) is 0 Å². The van der Waals surface area contributed by atoms with Crippen molar-refractivity contribution < 1.29 is 14.6 Å². The summed E-state index contributed by atoms with van der Waals surface area (Å²) in [4.78, 5) is 12.0. The number of amides is 1. The van der Waals surface area contributed by atoms with Crippen molar-refractivity contribution in [3.05, 3.63) is 28.2 Å². The highest BCUT2D eigenvalue weighted by molar-refractivity contribution is 9.10. The number of hydrogen-bond donors (Lipinski definition) is 2. The highest BCUT2D eigenvalue weighted by Crippen LogP contribution is 2.29. The van der Waals surface area contributed by atoms with Crippen LogP contribution in [0.5, 0.6) is 5.75 Å². The summed E-state index contributed by atoms with van der Waals surface area (Å²) >= 11 is 3.36. The second kappa shape index (κ2) is 8.39. The van der Waals surface area contributed by atoms with Gasteiger partial charge in [-0.3, -0.25) is 4.79 Å². The number of benzene rings is 1. The molecule has 2 atom stereocenters. The number of aliphatic hydroxyl groups is 1. The minimum Gasteiger partial charge on any atom is -0.481 e. The Morgan fingerprint density at radius 2 is 2.00 bits per heavy atom. The molecule has 0 aromatic heterocycles. The average Bonchev–Trinajstić information content (AvgIpc) is 2.39. The number of hydrogen-bond acceptors (Lipinski definition) is 3. The van der Waals surface area contributed by atoms with Crippen molar-refractivity contribution in [3.63, 3.8) is 0 Å². The Hall–Kier alpha value is -1.07. The molecule has 4 nitrogen and oxygen atoms in total. The monoisotopic (exact) mass is 357 g/mol. The van der Waals surface area contributed by atoms with Crippen molar-refractivity contribution in [1.29, 1.82) is 0 Å². The van der Waals surface area contributed by atoms with Crippen molar-refractivity contribution >= 4 is 21.8 Å². The zero-order valence-corrected chi connectivity index (χ0v) is 14.6. The van der Waals surface area contributed by atoms with Crippen LogP contribution in [0.15, 0.2) is 22.7 Å². The first-order chi connectivity index (χ1) is 9.81. The van der Waals surface area contributed by atoms with E-state index in [4.69, 9.17) is 4.74 Å². The molecule has 1 unspecified atom stereocenters. The summed E-state index contributed by atoms with van der Waals surface area (Å²) in [5.74, 6) is 0.935. The molecule has 0 aliphatic rings. The average molecular weight is 358 g/mol. The topological polar surface area (TPSA) is 58.6 Å². The van der Waals surface area contributed by atoms with E-state index in [0.717, 1.165) is 10.9 Å². The smallest absolute Gasteiger partial charge is 0.260 e. The molecular formula is C16H24BrNO3.